The Morgan fingerprint density at radius 3 is 0.895 bits per heavy atom. The van der Waals surface area contributed by atoms with Crippen molar-refractivity contribution >= 4 is 0 Å². The molecule has 15 nitrogen and oxygen atoms in total. The molecule has 1 aliphatic carbocycles. The van der Waals surface area contributed by atoms with Crippen LogP contribution in [0.1, 0.15) is 123 Å². The topological polar surface area (TPSA) is 148 Å². The van der Waals surface area contributed by atoms with Gasteiger partial charge in [-0.2, -0.15) is 0 Å². The van der Waals surface area contributed by atoms with Gasteiger partial charge in [0.25, 0.3) is 0 Å². The number of pyridine rings is 5. The molecule has 114 heavy (non-hydrogen) atoms. The molecule has 1 fully saturated rings. The number of aryl methyl sites for hydroxylation is 11. The molecule has 10 aromatic heterocycles. The van der Waals surface area contributed by atoms with E-state index in [-0.39, 0.29) is 0 Å². The van der Waals surface area contributed by atoms with Crippen LogP contribution in [0.3, 0.4) is 0 Å². The van der Waals surface area contributed by atoms with E-state index in [1.165, 1.54) is 104 Å². The summed E-state index contributed by atoms with van der Waals surface area (Å²) in [6, 6.07) is 65.6. The summed E-state index contributed by atoms with van der Waals surface area (Å²) in [7, 11) is 10.4. The summed E-state index contributed by atoms with van der Waals surface area (Å²) in [6.07, 6.45) is 36.3. The average molecular weight is 1510 g/mol. The number of nitrogens with zero attached hydrogens (tertiary/aromatic N) is 15. The fraction of sp³-hybridized carbons (Fsp3) is 0.242. The Kier molecular flexibility index (Phi) is 27.2. The van der Waals surface area contributed by atoms with Crippen molar-refractivity contribution in [2.45, 2.75) is 120 Å². The molecule has 1 saturated carbocycles. The molecule has 0 atom stereocenters. The Labute approximate surface area is 673 Å². The predicted molar refractivity (Wildman–Crippen MR) is 457 cm³/mol. The second-order valence-electron chi connectivity index (χ2n) is 30.2. The largest absolute Gasteiger partial charge is 0.241 e. The van der Waals surface area contributed by atoms with E-state index in [0.717, 1.165) is 97.7 Å². The zero-order valence-electron chi connectivity index (χ0n) is 68.7. The first-order valence-electron chi connectivity index (χ1n) is 39.6. The Bertz CT molecular complexity index is 5700. The van der Waals surface area contributed by atoms with E-state index in [1.807, 2.05) is 67.9 Å². The molecule has 0 N–H and O–H groups in total. The van der Waals surface area contributed by atoms with Crippen LogP contribution in [0.4, 0.5) is 0 Å². The number of hydrogen-bond acceptors (Lipinski definition) is 10. The molecule has 0 aliphatic heterocycles. The van der Waals surface area contributed by atoms with Gasteiger partial charge in [-0.05, 0) is 140 Å². The van der Waals surface area contributed by atoms with Crippen LogP contribution in [-0.4, -0.2) is 49.8 Å². The number of rotatable bonds is 15. The van der Waals surface area contributed by atoms with Crippen LogP contribution in [0, 0.1) is 40.5 Å². The minimum Gasteiger partial charge on any atom is -0.241 e. The van der Waals surface area contributed by atoms with Crippen LogP contribution in [0.5, 0.6) is 0 Å². The van der Waals surface area contributed by atoms with Gasteiger partial charge in [0.15, 0.2) is 36.8 Å². The lowest BCUT2D eigenvalue weighted by atomic mass is 10.0. The van der Waals surface area contributed by atoms with Crippen molar-refractivity contribution in [2.24, 2.45) is 41.2 Å². The first-order chi connectivity index (χ1) is 55.3. The molecular formula is C99H106N15+5. The van der Waals surface area contributed by atoms with Crippen molar-refractivity contribution in [2.75, 3.05) is 0 Å². The highest BCUT2D eigenvalue weighted by molar-refractivity contribution is 5.74. The Balaban J connectivity index is 0.000000132. The molecule has 0 bridgehead atoms. The third-order valence-corrected chi connectivity index (χ3v) is 20.9. The Hall–Kier alpha value is -12.8. The minimum atomic E-state index is 0.347. The van der Waals surface area contributed by atoms with E-state index in [0.29, 0.717) is 17.8 Å². The van der Waals surface area contributed by atoms with Crippen LogP contribution in [0.2, 0.25) is 0 Å². The van der Waals surface area contributed by atoms with Gasteiger partial charge in [0.1, 0.15) is 58.5 Å². The second-order valence-corrected chi connectivity index (χ2v) is 30.2. The molecule has 16 rings (SSSR count). The van der Waals surface area contributed by atoms with Gasteiger partial charge in [-0.3, -0.25) is 0 Å². The van der Waals surface area contributed by atoms with E-state index in [4.69, 9.17) is 0 Å². The summed E-state index contributed by atoms with van der Waals surface area (Å²) in [5.41, 5.74) is 28.4. The van der Waals surface area contributed by atoms with Crippen molar-refractivity contribution in [3.05, 3.63) is 332 Å². The Morgan fingerprint density at radius 2 is 0.596 bits per heavy atom. The highest BCUT2D eigenvalue weighted by atomic mass is 15.0. The molecule has 10 heterocycles. The maximum atomic E-state index is 4.66. The van der Waals surface area contributed by atoms with Gasteiger partial charge in [0.05, 0.1) is 0 Å². The molecule has 1 aliphatic rings. The molecule has 0 unspecified atom stereocenters. The lowest BCUT2D eigenvalue weighted by molar-refractivity contribution is -0.660. The zero-order chi connectivity index (χ0) is 80.2. The fourth-order valence-electron chi connectivity index (χ4n) is 14.1. The summed E-state index contributed by atoms with van der Waals surface area (Å²) in [5, 5.41) is 0. The van der Waals surface area contributed by atoms with E-state index < -0.39 is 0 Å². The molecule has 0 saturated heterocycles. The van der Waals surface area contributed by atoms with Gasteiger partial charge in [0.2, 0.25) is 28.5 Å². The smallest absolute Gasteiger partial charge is 0.213 e. The maximum absolute atomic E-state index is 4.66. The summed E-state index contributed by atoms with van der Waals surface area (Å²) in [6.45, 7) is 21.3. The highest BCUT2D eigenvalue weighted by Crippen LogP contribution is 2.34. The van der Waals surface area contributed by atoms with Gasteiger partial charge < -0.3 is 0 Å². The third kappa shape index (κ3) is 20.5. The molecule has 5 aromatic carbocycles. The molecule has 572 valence electrons. The maximum Gasteiger partial charge on any atom is 0.213 e. The molecule has 0 amide bonds. The van der Waals surface area contributed by atoms with Crippen molar-refractivity contribution in [1.29, 1.82) is 0 Å². The fourth-order valence-corrected chi connectivity index (χ4v) is 14.1. The number of hydrogen-bond donors (Lipinski definition) is 0. The Morgan fingerprint density at radius 1 is 0.316 bits per heavy atom. The van der Waals surface area contributed by atoms with E-state index in [9.17, 15) is 0 Å². The summed E-state index contributed by atoms with van der Waals surface area (Å²) >= 11 is 0. The van der Waals surface area contributed by atoms with Crippen molar-refractivity contribution in [3.8, 4) is 112 Å². The van der Waals surface area contributed by atoms with Crippen LogP contribution in [0.25, 0.3) is 112 Å². The average Bonchev–Trinajstić information content (AvgIpc) is 1.23. The van der Waals surface area contributed by atoms with Gasteiger partial charge in [-0.15, -0.1) is 0 Å². The van der Waals surface area contributed by atoms with Gasteiger partial charge >= 0.3 is 0 Å². The predicted octanol–water partition coefficient (Wildman–Crippen LogP) is 19.3. The summed E-state index contributed by atoms with van der Waals surface area (Å²) < 4.78 is 10.7. The first-order valence-corrected chi connectivity index (χ1v) is 39.6. The first kappa shape index (κ1) is 80.8. The van der Waals surface area contributed by atoms with Crippen LogP contribution < -0.4 is 22.8 Å². The van der Waals surface area contributed by atoms with Crippen LogP contribution in [0.15, 0.2) is 281 Å². The second kappa shape index (κ2) is 38.5. The van der Waals surface area contributed by atoms with Crippen molar-refractivity contribution < 1.29 is 22.8 Å². The monoisotopic (exact) mass is 1500 g/mol. The summed E-state index contributed by atoms with van der Waals surface area (Å²) in [4.78, 5) is 44.7. The van der Waals surface area contributed by atoms with Crippen LogP contribution in [-0.2, 0) is 48.1 Å². The van der Waals surface area contributed by atoms with E-state index in [1.54, 1.807) is 12.4 Å². The summed E-state index contributed by atoms with van der Waals surface area (Å²) in [5.74, 6) is 5.92. The number of aromatic nitrogens is 15. The molecular weight excluding hydrogens is 1400 g/mol. The minimum absolute atomic E-state index is 0.347. The quantitative estimate of drug-likeness (QED) is 0.0908. The lowest BCUT2D eigenvalue weighted by Gasteiger charge is -2.09. The normalized spacial score (nSPS) is 11.7. The van der Waals surface area contributed by atoms with E-state index >= 15 is 0 Å². The SMILES string of the molecule is CCc1ncc(-c2cc[n+](C)c(-c3ccccc3C)c2)cn1.Cc1ccccc1-c1cc(-c2cnc(C(C)C)nc2)cc[n+]1C.Cc1ccccc1-c1cc(-c2cnc(C3CCCC3)nc2)cc[n+]1C.Cc1ccccc1-c1cc(-c2cnc(CC(C)C)nc2)cc[n+]1C.Cc1ccccc1-c1cc(-c2ncccn2)cc[n+]1C. The van der Waals surface area contributed by atoms with Gasteiger partial charge in [-0.1, -0.05) is 138 Å². The molecule has 0 radical (unpaired) electrons. The lowest BCUT2D eigenvalue weighted by Crippen LogP contribution is -2.30. The molecule has 0 spiro atoms. The van der Waals surface area contributed by atoms with Crippen molar-refractivity contribution in [1.82, 2.24) is 49.8 Å². The third-order valence-electron chi connectivity index (χ3n) is 20.9. The van der Waals surface area contributed by atoms with Gasteiger partial charge in [0, 0.05) is 203 Å². The van der Waals surface area contributed by atoms with Crippen molar-refractivity contribution in [3.63, 3.8) is 0 Å². The van der Waals surface area contributed by atoms with Gasteiger partial charge in [-0.25, -0.2) is 72.7 Å². The molecule has 15 aromatic rings. The van der Waals surface area contributed by atoms with Crippen LogP contribution >= 0.6 is 0 Å². The van der Waals surface area contributed by atoms with E-state index in [2.05, 4.69) is 378 Å². The zero-order valence-corrected chi connectivity index (χ0v) is 68.7. The standard InChI is InChI=1S/C22H24N3.C21H24N3.C20H22N3.C19H20N3.C17H16N3/c1-16-7-3-6-10-20(16)21-13-18(11-12-25(21)2)19-14-23-22(24-15-19)17-8-4-5-9-17;1-15(2)11-21-22-13-18(14-23-21)17-9-10-24(4)20(12-17)19-8-6-5-7-16(19)3;1-14(2)20-21-12-17(13-22-20)16-9-10-23(4)19(11-16)18-8-6-5-7-15(18)3;1-4-19-20-12-16(13-21-19)15-9-10-22(3)18(11-15)17-8-6-5-7-14(17)2;1-13-6-3-4-7-15(13)16-12-14(8-11-20(16)2)17-18-9-5-10-19-17/h3,6-7,10-15,17H,4-5,8-9H2,1-2H3;5-10,12-15H,11H2,1-4H3;5-14H,1-4H3;5-13H,4H2,1-3H3;3-12H,1-2H3/q5*+1. The molecule has 15 heteroatoms. The highest BCUT2D eigenvalue weighted by Gasteiger charge is 2.23. The number of benzene rings is 5.